The average molecular weight is 307 g/mol. The number of halogens is 1. The molecule has 0 saturated heterocycles. The van der Waals surface area contributed by atoms with E-state index < -0.39 is 5.97 Å². The predicted octanol–water partition coefficient (Wildman–Crippen LogP) is 3.00. The summed E-state index contributed by atoms with van der Waals surface area (Å²) in [6, 6.07) is 7.10. The maximum Gasteiger partial charge on any atom is 0.338 e. The van der Waals surface area contributed by atoms with Crippen LogP contribution in [0.4, 0.5) is 0 Å². The Kier molecular flexibility index (Phi) is 3.72. The van der Waals surface area contributed by atoms with Crippen molar-refractivity contribution in [1.29, 1.82) is 0 Å². The Morgan fingerprint density at radius 2 is 2.06 bits per heavy atom. The standard InChI is InChI=1S/C13H11BrN2O2/c1-8-3-4-15-10(5-8)11-6-9(13(17)18-2)7-12(14)16-11/h3-7H,1-2H3. The number of hydrogen-bond donors (Lipinski definition) is 0. The predicted molar refractivity (Wildman–Crippen MR) is 71.2 cm³/mol. The van der Waals surface area contributed by atoms with Crippen LogP contribution in [0.1, 0.15) is 15.9 Å². The number of pyridine rings is 2. The summed E-state index contributed by atoms with van der Waals surface area (Å²) in [7, 11) is 1.35. The summed E-state index contributed by atoms with van der Waals surface area (Å²) in [5, 5.41) is 0. The third kappa shape index (κ3) is 2.73. The Morgan fingerprint density at radius 3 is 2.72 bits per heavy atom. The molecule has 0 aliphatic rings. The van der Waals surface area contributed by atoms with E-state index in [9.17, 15) is 4.79 Å². The van der Waals surface area contributed by atoms with Gasteiger partial charge in [0.2, 0.25) is 0 Å². The van der Waals surface area contributed by atoms with Gasteiger partial charge in [0.15, 0.2) is 0 Å². The number of hydrogen-bond acceptors (Lipinski definition) is 4. The minimum absolute atomic E-state index is 0.396. The lowest BCUT2D eigenvalue weighted by Gasteiger charge is -2.05. The van der Waals surface area contributed by atoms with Crippen molar-refractivity contribution in [3.05, 3.63) is 46.2 Å². The average Bonchev–Trinajstić information content (AvgIpc) is 2.37. The number of carbonyl (C=O) groups excluding carboxylic acids is 1. The lowest BCUT2D eigenvalue weighted by Crippen LogP contribution is -2.02. The third-order valence-electron chi connectivity index (χ3n) is 2.39. The first-order valence-electron chi connectivity index (χ1n) is 5.29. The molecule has 0 atom stereocenters. The van der Waals surface area contributed by atoms with Crippen LogP contribution in [-0.4, -0.2) is 23.0 Å². The van der Waals surface area contributed by atoms with Crippen molar-refractivity contribution in [2.75, 3.05) is 7.11 Å². The van der Waals surface area contributed by atoms with Crippen LogP contribution in [0.3, 0.4) is 0 Å². The summed E-state index contributed by atoms with van der Waals surface area (Å²) in [6.45, 7) is 1.98. The van der Waals surface area contributed by atoms with Gasteiger partial charge in [-0.15, -0.1) is 0 Å². The number of carbonyl (C=O) groups is 1. The minimum atomic E-state index is -0.396. The molecule has 4 nitrogen and oxygen atoms in total. The van der Waals surface area contributed by atoms with Gasteiger partial charge in [-0.05, 0) is 52.7 Å². The van der Waals surface area contributed by atoms with Gasteiger partial charge in [0, 0.05) is 6.20 Å². The topological polar surface area (TPSA) is 52.1 Å². The molecule has 0 bridgehead atoms. The molecular formula is C13H11BrN2O2. The van der Waals surface area contributed by atoms with Crippen LogP contribution in [0.5, 0.6) is 0 Å². The zero-order chi connectivity index (χ0) is 13.1. The molecule has 2 aromatic rings. The molecule has 0 aliphatic carbocycles. The van der Waals surface area contributed by atoms with E-state index in [1.807, 2.05) is 19.1 Å². The second-order valence-electron chi connectivity index (χ2n) is 3.77. The quantitative estimate of drug-likeness (QED) is 0.632. The fourth-order valence-corrected chi connectivity index (χ4v) is 1.98. The number of aryl methyl sites for hydroxylation is 1. The lowest BCUT2D eigenvalue weighted by molar-refractivity contribution is 0.0600. The largest absolute Gasteiger partial charge is 0.465 e. The van der Waals surface area contributed by atoms with Gasteiger partial charge in [-0.3, -0.25) is 4.98 Å². The smallest absolute Gasteiger partial charge is 0.338 e. The van der Waals surface area contributed by atoms with E-state index in [2.05, 4.69) is 25.9 Å². The van der Waals surface area contributed by atoms with Crippen LogP contribution >= 0.6 is 15.9 Å². The second kappa shape index (κ2) is 5.27. The van der Waals surface area contributed by atoms with Crippen LogP contribution < -0.4 is 0 Å². The summed E-state index contributed by atoms with van der Waals surface area (Å²) >= 11 is 3.28. The highest BCUT2D eigenvalue weighted by molar-refractivity contribution is 9.10. The third-order valence-corrected chi connectivity index (χ3v) is 2.80. The minimum Gasteiger partial charge on any atom is -0.465 e. The molecule has 2 rings (SSSR count). The molecule has 0 N–H and O–H groups in total. The Bertz CT molecular complexity index is 599. The molecule has 0 aromatic carbocycles. The van der Waals surface area contributed by atoms with Crippen molar-refractivity contribution >= 4 is 21.9 Å². The Hall–Kier alpha value is -1.75. The molecule has 0 amide bonds. The van der Waals surface area contributed by atoms with E-state index in [0.717, 1.165) is 11.3 Å². The van der Waals surface area contributed by atoms with Crippen molar-refractivity contribution in [3.63, 3.8) is 0 Å². The van der Waals surface area contributed by atoms with Crippen LogP contribution in [0.2, 0.25) is 0 Å². The van der Waals surface area contributed by atoms with Crippen molar-refractivity contribution in [3.8, 4) is 11.4 Å². The molecule has 0 unspecified atom stereocenters. The Labute approximate surface area is 113 Å². The number of ether oxygens (including phenoxy) is 1. The molecule has 0 aliphatic heterocycles. The maximum atomic E-state index is 11.5. The van der Waals surface area contributed by atoms with Gasteiger partial charge in [0.1, 0.15) is 4.60 Å². The summed E-state index contributed by atoms with van der Waals surface area (Å²) < 4.78 is 5.27. The molecular weight excluding hydrogens is 296 g/mol. The van der Waals surface area contributed by atoms with Gasteiger partial charge in [0.05, 0.1) is 24.1 Å². The number of aromatic nitrogens is 2. The molecule has 2 aromatic heterocycles. The van der Waals surface area contributed by atoms with Gasteiger partial charge < -0.3 is 4.74 Å². The highest BCUT2D eigenvalue weighted by Crippen LogP contribution is 2.21. The van der Waals surface area contributed by atoms with E-state index >= 15 is 0 Å². The van der Waals surface area contributed by atoms with Crippen LogP contribution in [0.25, 0.3) is 11.4 Å². The lowest BCUT2D eigenvalue weighted by atomic mass is 10.1. The van der Waals surface area contributed by atoms with Gasteiger partial charge >= 0.3 is 5.97 Å². The van der Waals surface area contributed by atoms with E-state index in [-0.39, 0.29) is 0 Å². The van der Waals surface area contributed by atoms with Crippen molar-refractivity contribution in [2.24, 2.45) is 0 Å². The van der Waals surface area contributed by atoms with Gasteiger partial charge in [-0.1, -0.05) is 0 Å². The molecule has 0 radical (unpaired) electrons. The first kappa shape index (κ1) is 12.7. The molecule has 18 heavy (non-hydrogen) atoms. The number of rotatable bonds is 2. The van der Waals surface area contributed by atoms with Gasteiger partial charge in [-0.2, -0.15) is 0 Å². The summed E-state index contributed by atoms with van der Waals surface area (Å²) in [6.07, 6.45) is 1.71. The Morgan fingerprint density at radius 1 is 1.28 bits per heavy atom. The highest BCUT2D eigenvalue weighted by atomic mass is 79.9. The molecule has 0 saturated carbocycles. The van der Waals surface area contributed by atoms with Crippen LogP contribution in [0.15, 0.2) is 35.1 Å². The maximum absolute atomic E-state index is 11.5. The fourth-order valence-electron chi connectivity index (χ4n) is 1.54. The molecule has 92 valence electrons. The molecule has 0 spiro atoms. The van der Waals surface area contributed by atoms with Crippen LogP contribution in [0, 0.1) is 6.92 Å². The fraction of sp³-hybridized carbons (Fsp3) is 0.154. The summed E-state index contributed by atoms with van der Waals surface area (Å²) in [5.41, 5.74) is 2.88. The van der Waals surface area contributed by atoms with E-state index in [1.165, 1.54) is 7.11 Å². The monoisotopic (exact) mass is 306 g/mol. The first-order chi connectivity index (χ1) is 8.60. The number of esters is 1. The number of methoxy groups -OCH3 is 1. The first-order valence-corrected chi connectivity index (χ1v) is 6.08. The second-order valence-corrected chi connectivity index (χ2v) is 4.59. The normalized spacial score (nSPS) is 10.2. The van der Waals surface area contributed by atoms with E-state index in [4.69, 9.17) is 4.74 Å². The summed E-state index contributed by atoms with van der Waals surface area (Å²) in [4.78, 5) is 20.1. The molecule has 5 heteroatoms. The van der Waals surface area contributed by atoms with Crippen molar-refractivity contribution in [1.82, 2.24) is 9.97 Å². The summed E-state index contributed by atoms with van der Waals surface area (Å²) in [5.74, 6) is -0.396. The molecule has 2 heterocycles. The van der Waals surface area contributed by atoms with Crippen molar-refractivity contribution in [2.45, 2.75) is 6.92 Å². The SMILES string of the molecule is COC(=O)c1cc(Br)nc(-c2cc(C)ccn2)c1. The van der Waals surface area contributed by atoms with E-state index in [0.29, 0.717) is 15.9 Å². The van der Waals surface area contributed by atoms with Crippen molar-refractivity contribution < 1.29 is 9.53 Å². The Balaban J connectivity index is 2.51. The van der Waals surface area contributed by atoms with E-state index in [1.54, 1.807) is 18.3 Å². The van der Waals surface area contributed by atoms with Gasteiger partial charge in [-0.25, -0.2) is 9.78 Å². The van der Waals surface area contributed by atoms with Crippen LogP contribution in [-0.2, 0) is 4.74 Å². The zero-order valence-electron chi connectivity index (χ0n) is 9.98. The number of nitrogens with zero attached hydrogens (tertiary/aromatic N) is 2. The molecule has 0 fully saturated rings. The zero-order valence-corrected chi connectivity index (χ0v) is 11.6. The van der Waals surface area contributed by atoms with Gasteiger partial charge in [0.25, 0.3) is 0 Å². The highest BCUT2D eigenvalue weighted by Gasteiger charge is 2.11.